The number of nitrogens with one attached hydrogen (secondary N) is 1. The Labute approximate surface area is 151 Å². The number of methoxy groups -OCH3 is 2. The predicted octanol–water partition coefficient (Wildman–Crippen LogP) is 3.60. The number of hydrogen-bond acceptors (Lipinski definition) is 5. The summed E-state index contributed by atoms with van der Waals surface area (Å²) in [6.07, 6.45) is 5.67. The van der Waals surface area contributed by atoms with Crippen LogP contribution in [0.2, 0.25) is 5.02 Å². The van der Waals surface area contributed by atoms with Gasteiger partial charge in [0.05, 0.1) is 42.4 Å². The summed E-state index contributed by atoms with van der Waals surface area (Å²) >= 11 is 6.09. The molecule has 2 aromatic rings. The van der Waals surface area contributed by atoms with Crippen molar-refractivity contribution in [2.75, 3.05) is 37.5 Å². The molecule has 0 aliphatic carbocycles. The molecule has 1 saturated heterocycles. The molecule has 0 bridgehead atoms. The van der Waals surface area contributed by atoms with E-state index in [4.69, 9.17) is 21.1 Å². The lowest BCUT2D eigenvalue weighted by molar-refractivity contribution is 0.102. The number of anilines is 2. The number of aromatic nitrogens is 1. The van der Waals surface area contributed by atoms with Gasteiger partial charge in [0.2, 0.25) is 0 Å². The molecular weight excluding hydrogens is 342 g/mol. The van der Waals surface area contributed by atoms with Gasteiger partial charge in [-0.15, -0.1) is 0 Å². The normalized spacial score (nSPS) is 13.6. The summed E-state index contributed by atoms with van der Waals surface area (Å²) in [5.74, 6) is 0.653. The second-order valence-electron chi connectivity index (χ2n) is 5.77. The number of nitrogens with zero attached hydrogens (tertiary/aromatic N) is 2. The molecule has 0 saturated carbocycles. The third-order valence-corrected chi connectivity index (χ3v) is 4.47. The minimum Gasteiger partial charge on any atom is -0.495 e. The number of ether oxygens (including phenoxy) is 2. The minimum atomic E-state index is -0.267. The van der Waals surface area contributed by atoms with Crippen LogP contribution in [0.25, 0.3) is 0 Å². The summed E-state index contributed by atoms with van der Waals surface area (Å²) < 4.78 is 10.5. The van der Waals surface area contributed by atoms with Gasteiger partial charge in [-0.25, -0.2) is 0 Å². The zero-order valence-corrected chi connectivity index (χ0v) is 15.0. The van der Waals surface area contributed by atoms with Gasteiger partial charge in [-0.2, -0.15) is 0 Å². The highest BCUT2D eigenvalue weighted by molar-refractivity contribution is 6.32. The van der Waals surface area contributed by atoms with E-state index in [1.165, 1.54) is 14.2 Å². The Morgan fingerprint density at radius 3 is 2.52 bits per heavy atom. The van der Waals surface area contributed by atoms with Crippen LogP contribution in [0.5, 0.6) is 11.5 Å². The van der Waals surface area contributed by atoms with Crippen LogP contribution in [-0.2, 0) is 0 Å². The van der Waals surface area contributed by atoms with E-state index in [1.54, 1.807) is 24.5 Å². The number of benzene rings is 1. The highest BCUT2D eigenvalue weighted by Gasteiger charge is 2.17. The second-order valence-corrected chi connectivity index (χ2v) is 6.17. The first-order chi connectivity index (χ1) is 12.1. The van der Waals surface area contributed by atoms with Crippen LogP contribution in [-0.4, -0.2) is 38.2 Å². The molecule has 132 valence electrons. The lowest BCUT2D eigenvalue weighted by atomic mass is 10.2. The van der Waals surface area contributed by atoms with Crippen molar-refractivity contribution >= 4 is 28.9 Å². The first-order valence-corrected chi connectivity index (χ1v) is 8.43. The van der Waals surface area contributed by atoms with Crippen LogP contribution in [0.3, 0.4) is 0 Å². The first kappa shape index (κ1) is 17.4. The summed E-state index contributed by atoms with van der Waals surface area (Å²) in [5.41, 5.74) is 1.94. The molecule has 1 N–H and O–H groups in total. The lowest BCUT2D eigenvalue weighted by Crippen LogP contribution is -2.19. The van der Waals surface area contributed by atoms with Crippen LogP contribution < -0.4 is 19.7 Å². The van der Waals surface area contributed by atoms with Gasteiger partial charge in [0.15, 0.2) is 0 Å². The molecule has 0 unspecified atom stereocenters. The van der Waals surface area contributed by atoms with Crippen LogP contribution in [0.15, 0.2) is 30.6 Å². The maximum absolute atomic E-state index is 12.6. The quantitative estimate of drug-likeness (QED) is 0.881. The molecule has 1 fully saturated rings. The molecule has 6 nitrogen and oxygen atoms in total. The van der Waals surface area contributed by atoms with Crippen LogP contribution >= 0.6 is 11.6 Å². The molecule has 7 heteroatoms. The van der Waals surface area contributed by atoms with E-state index >= 15 is 0 Å². The van der Waals surface area contributed by atoms with E-state index in [-0.39, 0.29) is 5.91 Å². The fourth-order valence-electron chi connectivity index (χ4n) is 2.85. The summed E-state index contributed by atoms with van der Waals surface area (Å²) in [4.78, 5) is 19.1. The van der Waals surface area contributed by atoms with Crippen LogP contribution in [0, 0.1) is 0 Å². The van der Waals surface area contributed by atoms with Gasteiger partial charge >= 0.3 is 0 Å². The van der Waals surface area contributed by atoms with Gasteiger partial charge in [-0.3, -0.25) is 9.78 Å². The van der Waals surface area contributed by atoms with Crippen molar-refractivity contribution in [3.63, 3.8) is 0 Å². The number of amides is 1. The Morgan fingerprint density at radius 2 is 1.84 bits per heavy atom. The monoisotopic (exact) mass is 361 g/mol. The van der Waals surface area contributed by atoms with Gasteiger partial charge in [0.1, 0.15) is 11.5 Å². The Kier molecular flexibility index (Phi) is 5.28. The molecule has 1 amide bonds. The third-order valence-electron chi connectivity index (χ3n) is 4.18. The predicted molar refractivity (Wildman–Crippen MR) is 98.2 cm³/mol. The molecule has 0 radical (unpaired) electrons. The Bertz CT molecular complexity index is 776. The topological polar surface area (TPSA) is 63.7 Å². The number of carbonyl (C=O) groups excluding carboxylic acids is 1. The first-order valence-electron chi connectivity index (χ1n) is 8.05. The number of carbonyl (C=O) groups is 1. The van der Waals surface area contributed by atoms with E-state index in [0.29, 0.717) is 27.8 Å². The lowest BCUT2D eigenvalue weighted by Gasteiger charge is -2.18. The van der Waals surface area contributed by atoms with Crippen molar-refractivity contribution < 1.29 is 14.3 Å². The van der Waals surface area contributed by atoms with Crippen LogP contribution in [0.4, 0.5) is 11.4 Å². The van der Waals surface area contributed by atoms with Gasteiger partial charge in [-0.05, 0) is 18.9 Å². The Morgan fingerprint density at radius 1 is 1.12 bits per heavy atom. The van der Waals surface area contributed by atoms with Crippen molar-refractivity contribution in [1.82, 2.24) is 4.98 Å². The highest BCUT2D eigenvalue weighted by Crippen LogP contribution is 2.36. The highest BCUT2D eigenvalue weighted by atomic mass is 35.5. The molecule has 0 spiro atoms. The smallest absolute Gasteiger partial charge is 0.257 e. The molecule has 1 aromatic heterocycles. The van der Waals surface area contributed by atoms with Gasteiger partial charge in [0.25, 0.3) is 5.91 Å². The number of pyridine rings is 1. The maximum Gasteiger partial charge on any atom is 0.257 e. The zero-order valence-electron chi connectivity index (χ0n) is 14.2. The number of hydrogen-bond donors (Lipinski definition) is 1. The third kappa shape index (κ3) is 3.79. The summed E-state index contributed by atoms with van der Waals surface area (Å²) in [7, 11) is 3.03. The summed E-state index contributed by atoms with van der Waals surface area (Å²) in [6.45, 7) is 1.99. The molecule has 2 heterocycles. The Balaban J connectivity index is 1.84. The van der Waals surface area contributed by atoms with Gasteiger partial charge in [-0.1, -0.05) is 11.6 Å². The van der Waals surface area contributed by atoms with Crippen molar-refractivity contribution in [2.45, 2.75) is 12.8 Å². The molecule has 1 aliphatic rings. The van der Waals surface area contributed by atoms with Crippen LogP contribution in [0.1, 0.15) is 23.2 Å². The van der Waals surface area contributed by atoms with E-state index in [0.717, 1.165) is 31.6 Å². The minimum absolute atomic E-state index is 0.267. The number of halogens is 1. The van der Waals surface area contributed by atoms with Crippen molar-refractivity contribution in [3.8, 4) is 11.5 Å². The average Bonchev–Trinajstić information content (AvgIpc) is 3.17. The summed E-state index contributed by atoms with van der Waals surface area (Å²) in [5, 5.41) is 3.25. The zero-order chi connectivity index (χ0) is 17.8. The van der Waals surface area contributed by atoms with E-state index in [2.05, 4.69) is 15.2 Å². The molecule has 25 heavy (non-hydrogen) atoms. The molecule has 1 aromatic carbocycles. The standard InChI is InChI=1S/C18H20ClN3O3/c1-24-16-9-15(17(25-2)8-14(16)19)21-18(23)12-7-13(11-20-10-12)22-5-3-4-6-22/h7-11H,3-6H2,1-2H3,(H,21,23). The van der Waals surface area contributed by atoms with Crippen molar-refractivity contribution in [2.24, 2.45) is 0 Å². The van der Waals surface area contributed by atoms with Crippen molar-refractivity contribution in [1.29, 1.82) is 0 Å². The maximum atomic E-state index is 12.6. The Hall–Kier alpha value is -2.47. The van der Waals surface area contributed by atoms with E-state index in [1.807, 2.05) is 6.07 Å². The average molecular weight is 362 g/mol. The van der Waals surface area contributed by atoms with Gasteiger partial charge < -0.3 is 19.7 Å². The SMILES string of the molecule is COc1cc(NC(=O)c2cncc(N3CCCC3)c2)c(OC)cc1Cl. The van der Waals surface area contributed by atoms with Crippen molar-refractivity contribution in [3.05, 3.63) is 41.2 Å². The van der Waals surface area contributed by atoms with Gasteiger partial charge in [0, 0.05) is 31.4 Å². The molecule has 3 rings (SSSR count). The molecule has 1 aliphatic heterocycles. The fourth-order valence-corrected chi connectivity index (χ4v) is 3.08. The number of rotatable bonds is 5. The van der Waals surface area contributed by atoms with E-state index < -0.39 is 0 Å². The van der Waals surface area contributed by atoms with E-state index in [9.17, 15) is 4.79 Å². The molecule has 0 atom stereocenters. The molecular formula is C18H20ClN3O3. The largest absolute Gasteiger partial charge is 0.495 e. The fraction of sp³-hybridized carbons (Fsp3) is 0.333. The second kappa shape index (κ2) is 7.61. The summed E-state index contributed by atoms with van der Waals surface area (Å²) in [6, 6.07) is 5.10.